The molecule has 2 saturated heterocycles. The molecule has 0 aromatic heterocycles. The number of nitrogens with one attached hydrogen (secondary N) is 1. The van der Waals surface area contributed by atoms with Gasteiger partial charge in [0, 0.05) is 36.3 Å². The van der Waals surface area contributed by atoms with E-state index in [1.807, 2.05) is 17.0 Å². The zero-order chi connectivity index (χ0) is 17.8. The van der Waals surface area contributed by atoms with Gasteiger partial charge in [0.25, 0.3) is 0 Å². The van der Waals surface area contributed by atoms with Crippen LogP contribution in [-0.2, 0) is 9.59 Å². The smallest absolute Gasteiger partial charge is 0.228 e. The first-order valence-electron chi connectivity index (χ1n) is 9.17. The molecule has 0 spiro atoms. The zero-order valence-electron chi connectivity index (χ0n) is 15.1. The first-order chi connectivity index (χ1) is 12.1. The van der Waals surface area contributed by atoms with Crippen LogP contribution in [0, 0.1) is 5.92 Å². The standard InChI is InChI=1S/C19H26ClN3O2.ClH/c1-2-11-22(17-7-9-21-10-8-17)19(25)14-12-18(24)23(13-14)16-5-3-15(20)4-6-16;/h3-6,14,17,21H,2,7-13H2,1H3;1H. The fourth-order valence-electron chi connectivity index (χ4n) is 3.81. The fourth-order valence-corrected chi connectivity index (χ4v) is 3.94. The van der Waals surface area contributed by atoms with Crippen molar-refractivity contribution < 1.29 is 9.59 Å². The van der Waals surface area contributed by atoms with Gasteiger partial charge in [0.1, 0.15) is 0 Å². The molecule has 2 aliphatic heterocycles. The molecule has 3 rings (SSSR count). The summed E-state index contributed by atoms with van der Waals surface area (Å²) in [6, 6.07) is 7.52. The van der Waals surface area contributed by atoms with Gasteiger partial charge in [-0.05, 0) is 56.6 Å². The van der Waals surface area contributed by atoms with Crippen LogP contribution in [0.2, 0.25) is 5.02 Å². The molecule has 0 aliphatic carbocycles. The third kappa shape index (κ3) is 4.70. The van der Waals surface area contributed by atoms with Gasteiger partial charge in [-0.3, -0.25) is 9.59 Å². The van der Waals surface area contributed by atoms with Crippen molar-refractivity contribution in [1.29, 1.82) is 0 Å². The molecule has 26 heavy (non-hydrogen) atoms. The monoisotopic (exact) mass is 399 g/mol. The number of halogens is 2. The van der Waals surface area contributed by atoms with Gasteiger partial charge in [-0.25, -0.2) is 0 Å². The van der Waals surface area contributed by atoms with Crippen LogP contribution in [0.3, 0.4) is 0 Å². The molecular formula is C19H27Cl2N3O2. The molecule has 0 saturated carbocycles. The highest BCUT2D eigenvalue weighted by Gasteiger charge is 2.38. The molecule has 2 aliphatic rings. The third-order valence-electron chi connectivity index (χ3n) is 5.11. The summed E-state index contributed by atoms with van der Waals surface area (Å²) in [5, 5.41) is 3.99. The van der Waals surface area contributed by atoms with E-state index in [1.165, 1.54) is 0 Å². The van der Waals surface area contributed by atoms with Crippen LogP contribution < -0.4 is 10.2 Å². The molecule has 1 aromatic carbocycles. The zero-order valence-corrected chi connectivity index (χ0v) is 16.7. The highest BCUT2D eigenvalue weighted by Crippen LogP contribution is 2.28. The fraction of sp³-hybridized carbons (Fsp3) is 0.579. The lowest BCUT2D eigenvalue weighted by atomic mass is 10.0. The van der Waals surface area contributed by atoms with Crippen molar-refractivity contribution in [3.8, 4) is 0 Å². The van der Waals surface area contributed by atoms with Crippen LogP contribution in [0.1, 0.15) is 32.6 Å². The Kier molecular flexibility index (Phi) is 7.74. The van der Waals surface area contributed by atoms with Gasteiger partial charge in [0.2, 0.25) is 11.8 Å². The van der Waals surface area contributed by atoms with Crippen LogP contribution in [0.4, 0.5) is 5.69 Å². The molecule has 7 heteroatoms. The summed E-state index contributed by atoms with van der Waals surface area (Å²) in [6.07, 6.45) is 3.23. The van der Waals surface area contributed by atoms with Crippen molar-refractivity contribution in [2.45, 2.75) is 38.6 Å². The van der Waals surface area contributed by atoms with Crippen LogP contribution >= 0.6 is 24.0 Å². The summed E-state index contributed by atoms with van der Waals surface area (Å²) in [5.74, 6) is -0.0920. The third-order valence-corrected chi connectivity index (χ3v) is 5.36. The topological polar surface area (TPSA) is 52.7 Å². The van der Waals surface area contributed by atoms with Crippen molar-refractivity contribution in [2.24, 2.45) is 5.92 Å². The largest absolute Gasteiger partial charge is 0.339 e. The van der Waals surface area contributed by atoms with Crippen LogP contribution in [0.15, 0.2) is 24.3 Å². The SMILES string of the molecule is CCCN(C(=O)C1CC(=O)N(c2ccc(Cl)cc2)C1)C1CCNCC1.Cl. The lowest BCUT2D eigenvalue weighted by Crippen LogP contribution is -2.48. The Bertz CT molecular complexity index is 618. The summed E-state index contributed by atoms with van der Waals surface area (Å²) in [4.78, 5) is 29.3. The van der Waals surface area contributed by atoms with Gasteiger partial charge in [0.05, 0.1) is 5.92 Å². The summed E-state index contributed by atoms with van der Waals surface area (Å²) in [7, 11) is 0. The summed E-state index contributed by atoms with van der Waals surface area (Å²) in [6.45, 7) is 5.25. The average Bonchev–Trinajstić information content (AvgIpc) is 3.02. The number of hydrogen-bond donors (Lipinski definition) is 1. The number of carbonyl (C=O) groups is 2. The summed E-state index contributed by atoms with van der Waals surface area (Å²) >= 11 is 5.93. The quantitative estimate of drug-likeness (QED) is 0.827. The van der Waals surface area contributed by atoms with E-state index in [2.05, 4.69) is 12.2 Å². The molecule has 0 radical (unpaired) electrons. The maximum atomic E-state index is 13.1. The Labute approximate surface area is 166 Å². The Morgan fingerprint density at radius 3 is 2.54 bits per heavy atom. The van der Waals surface area contributed by atoms with E-state index in [0.29, 0.717) is 24.0 Å². The minimum atomic E-state index is -0.246. The van der Waals surface area contributed by atoms with E-state index >= 15 is 0 Å². The summed E-state index contributed by atoms with van der Waals surface area (Å²) < 4.78 is 0. The Hall–Kier alpha value is -1.30. The summed E-state index contributed by atoms with van der Waals surface area (Å²) in [5.41, 5.74) is 0.814. The minimum absolute atomic E-state index is 0. The first-order valence-corrected chi connectivity index (χ1v) is 9.55. The number of amides is 2. The number of benzene rings is 1. The molecule has 1 N–H and O–H groups in total. The van der Waals surface area contributed by atoms with Crippen molar-refractivity contribution in [2.75, 3.05) is 31.1 Å². The predicted octanol–water partition coefficient (Wildman–Crippen LogP) is 3.11. The molecule has 144 valence electrons. The second-order valence-electron chi connectivity index (χ2n) is 6.89. The van der Waals surface area contributed by atoms with Gasteiger partial charge >= 0.3 is 0 Å². The van der Waals surface area contributed by atoms with Crippen LogP contribution in [-0.4, -0.2) is 48.9 Å². The number of piperidine rings is 1. The lowest BCUT2D eigenvalue weighted by Gasteiger charge is -2.36. The van der Waals surface area contributed by atoms with E-state index in [4.69, 9.17) is 11.6 Å². The molecular weight excluding hydrogens is 373 g/mol. The number of hydrogen-bond acceptors (Lipinski definition) is 3. The van der Waals surface area contributed by atoms with E-state index in [1.54, 1.807) is 17.0 Å². The highest BCUT2D eigenvalue weighted by atomic mass is 35.5. The predicted molar refractivity (Wildman–Crippen MR) is 107 cm³/mol. The number of carbonyl (C=O) groups excluding carboxylic acids is 2. The van der Waals surface area contributed by atoms with Crippen molar-refractivity contribution in [3.05, 3.63) is 29.3 Å². The van der Waals surface area contributed by atoms with Crippen LogP contribution in [0.25, 0.3) is 0 Å². The van der Waals surface area contributed by atoms with E-state index in [0.717, 1.165) is 44.6 Å². The maximum absolute atomic E-state index is 13.1. The van der Waals surface area contributed by atoms with Gasteiger partial charge in [0.15, 0.2) is 0 Å². The van der Waals surface area contributed by atoms with Gasteiger partial charge in [-0.2, -0.15) is 0 Å². The number of rotatable bonds is 5. The van der Waals surface area contributed by atoms with Crippen molar-refractivity contribution in [3.63, 3.8) is 0 Å². The van der Waals surface area contributed by atoms with Crippen molar-refractivity contribution in [1.82, 2.24) is 10.2 Å². The van der Waals surface area contributed by atoms with Gasteiger partial charge in [-0.1, -0.05) is 18.5 Å². The van der Waals surface area contributed by atoms with Gasteiger partial charge < -0.3 is 15.1 Å². The molecule has 0 bridgehead atoms. The number of anilines is 1. The Morgan fingerprint density at radius 2 is 1.92 bits per heavy atom. The van der Waals surface area contributed by atoms with Crippen LogP contribution in [0.5, 0.6) is 0 Å². The average molecular weight is 400 g/mol. The second kappa shape index (κ2) is 9.58. The van der Waals surface area contributed by atoms with Crippen molar-refractivity contribution >= 4 is 41.5 Å². The molecule has 2 fully saturated rings. The van der Waals surface area contributed by atoms with E-state index < -0.39 is 0 Å². The molecule has 2 heterocycles. The van der Waals surface area contributed by atoms with E-state index in [9.17, 15) is 9.59 Å². The normalized spacial score (nSPS) is 20.8. The highest BCUT2D eigenvalue weighted by molar-refractivity contribution is 6.30. The minimum Gasteiger partial charge on any atom is -0.339 e. The molecule has 5 nitrogen and oxygen atoms in total. The second-order valence-corrected chi connectivity index (χ2v) is 7.33. The molecule has 1 atom stereocenters. The maximum Gasteiger partial charge on any atom is 0.228 e. The number of nitrogens with zero attached hydrogens (tertiary/aromatic N) is 2. The first kappa shape index (κ1) is 21.0. The molecule has 1 unspecified atom stereocenters. The molecule has 1 aromatic rings. The molecule has 2 amide bonds. The Balaban J connectivity index is 0.00000243. The lowest BCUT2D eigenvalue weighted by molar-refractivity contribution is -0.138. The van der Waals surface area contributed by atoms with E-state index in [-0.39, 0.29) is 30.1 Å². The van der Waals surface area contributed by atoms with Gasteiger partial charge in [-0.15, -0.1) is 12.4 Å². The Morgan fingerprint density at radius 1 is 1.27 bits per heavy atom.